The predicted octanol–water partition coefficient (Wildman–Crippen LogP) is 2.30. The van der Waals surface area contributed by atoms with Crippen LogP contribution >= 0.6 is 0 Å². The van der Waals surface area contributed by atoms with Crippen LogP contribution in [0.25, 0.3) is 5.69 Å². The molecule has 3 aromatic rings. The molecule has 1 aliphatic heterocycles. The molecule has 1 N–H and O–H groups in total. The Morgan fingerprint density at radius 3 is 2.55 bits per heavy atom. The van der Waals surface area contributed by atoms with E-state index in [-0.39, 0.29) is 11.8 Å². The summed E-state index contributed by atoms with van der Waals surface area (Å²) in [6.07, 6.45) is 3.23. The van der Waals surface area contributed by atoms with E-state index in [1.54, 1.807) is 58.4 Å². The van der Waals surface area contributed by atoms with Gasteiger partial charge in [0.1, 0.15) is 0 Å². The molecule has 0 radical (unpaired) electrons. The number of benzene rings is 2. The van der Waals surface area contributed by atoms with E-state index in [4.69, 9.17) is 4.74 Å². The van der Waals surface area contributed by atoms with Gasteiger partial charge in [-0.25, -0.2) is 4.68 Å². The Kier molecular flexibility index (Phi) is 5.35. The van der Waals surface area contributed by atoms with Gasteiger partial charge in [0.2, 0.25) is 0 Å². The zero-order valence-corrected chi connectivity index (χ0v) is 16.0. The van der Waals surface area contributed by atoms with E-state index in [1.165, 1.54) is 0 Å². The number of carbonyl (C=O) groups excluding carboxylic acids is 2. The van der Waals surface area contributed by atoms with Crippen molar-refractivity contribution in [2.75, 3.05) is 31.6 Å². The minimum Gasteiger partial charge on any atom is -0.378 e. The quantitative estimate of drug-likeness (QED) is 0.737. The number of ether oxygens (including phenoxy) is 1. The third-order valence-corrected chi connectivity index (χ3v) is 4.93. The molecule has 8 heteroatoms. The fourth-order valence-electron chi connectivity index (χ4n) is 3.33. The van der Waals surface area contributed by atoms with Gasteiger partial charge in [0.25, 0.3) is 11.8 Å². The average molecular weight is 391 g/mol. The molecule has 2 heterocycles. The normalized spacial score (nSPS) is 13.9. The molecule has 0 saturated carbocycles. The van der Waals surface area contributed by atoms with Crippen LogP contribution in [-0.4, -0.2) is 58.0 Å². The summed E-state index contributed by atoms with van der Waals surface area (Å²) in [5.74, 6) is -0.333. The van der Waals surface area contributed by atoms with Gasteiger partial charge in [-0.2, -0.15) is 0 Å². The van der Waals surface area contributed by atoms with Crippen molar-refractivity contribution in [1.82, 2.24) is 19.9 Å². The Bertz CT molecular complexity index is 1030. The SMILES string of the molecule is Cc1c(NC(=O)c2ccccc2-n2ccnn2)cccc1C(=O)N1CCOCC1. The summed E-state index contributed by atoms with van der Waals surface area (Å²) in [4.78, 5) is 27.6. The van der Waals surface area contributed by atoms with Crippen LogP contribution < -0.4 is 5.32 Å². The second kappa shape index (κ2) is 8.24. The molecule has 2 amide bonds. The van der Waals surface area contributed by atoms with Gasteiger partial charge < -0.3 is 15.0 Å². The van der Waals surface area contributed by atoms with Crippen LogP contribution in [0, 0.1) is 6.92 Å². The molecule has 4 rings (SSSR count). The molecular formula is C21H21N5O3. The van der Waals surface area contributed by atoms with Gasteiger partial charge in [0.15, 0.2) is 0 Å². The van der Waals surface area contributed by atoms with Crippen molar-refractivity contribution < 1.29 is 14.3 Å². The van der Waals surface area contributed by atoms with Crippen LogP contribution in [-0.2, 0) is 4.74 Å². The number of para-hydroxylation sites is 1. The lowest BCUT2D eigenvalue weighted by molar-refractivity contribution is 0.0302. The highest BCUT2D eigenvalue weighted by Crippen LogP contribution is 2.23. The number of morpholine rings is 1. The first-order valence-corrected chi connectivity index (χ1v) is 9.39. The van der Waals surface area contributed by atoms with Gasteiger partial charge in [-0.3, -0.25) is 9.59 Å². The second-order valence-electron chi connectivity index (χ2n) is 6.70. The third-order valence-electron chi connectivity index (χ3n) is 4.93. The highest BCUT2D eigenvalue weighted by Gasteiger charge is 2.22. The number of anilines is 1. The minimum absolute atomic E-state index is 0.0510. The van der Waals surface area contributed by atoms with E-state index in [0.29, 0.717) is 48.8 Å². The Balaban J connectivity index is 1.59. The summed E-state index contributed by atoms with van der Waals surface area (Å²) in [5.41, 5.74) is 3.00. The number of nitrogens with zero attached hydrogens (tertiary/aromatic N) is 4. The molecule has 1 saturated heterocycles. The lowest BCUT2D eigenvalue weighted by Gasteiger charge is -2.27. The fourth-order valence-corrected chi connectivity index (χ4v) is 3.33. The number of nitrogens with one attached hydrogen (secondary N) is 1. The van der Waals surface area contributed by atoms with Crippen molar-refractivity contribution in [2.45, 2.75) is 6.92 Å². The first-order chi connectivity index (χ1) is 14.1. The van der Waals surface area contributed by atoms with Crippen LogP contribution in [0.1, 0.15) is 26.3 Å². The summed E-state index contributed by atoms with van der Waals surface area (Å²) in [6.45, 7) is 4.06. The van der Waals surface area contributed by atoms with E-state index in [2.05, 4.69) is 15.6 Å². The van der Waals surface area contributed by atoms with Crippen molar-refractivity contribution in [1.29, 1.82) is 0 Å². The molecular weight excluding hydrogens is 370 g/mol. The molecule has 148 valence electrons. The van der Waals surface area contributed by atoms with E-state index in [1.807, 2.05) is 13.0 Å². The summed E-state index contributed by atoms with van der Waals surface area (Å²) >= 11 is 0. The number of hydrogen-bond donors (Lipinski definition) is 1. The minimum atomic E-state index is -0.282. The molecule has 0 atom stereocenters. The lowest BCUT2D eigenvalue weighted by atomic mass is 10.0. The van der Waals surface area contributed by atoms with Crippen molar-refractivity contribution >= 4 is 17.5 Å². The van der Waals surface area contributed by atoms with Crippen LogP contribution in [0.4, 0.5) is 5.69 Å². The first-order valence-electron chi connectivity index (χ1n) is 9.39. The van der Waals surface area contributed by atoms with Crippen LogP contribution in [0.3, 0.4) is 0 Å². The summed E-state index contributed by atoms with van der Waals surface area (Å²) in [6, 6.07) is 12.5. The number of rotatable bonds is 4. The maximum atomic E-state index is 13.0. The molecule has 8 nitrogen and oxygen atoms in total. The Morgan fingerprint density at radius 1 is 1.03 bits per heavy atom. The molecule has 0 bridgehead atoms. The number of amides is 2. The zero-order valence-electron chi connectivity index (χ0n) is 16.0. The summed E-state index contributed by atoms with van der Waals surface area (Å²) in [7, 11) is 0. The molecule has 1 aliphatic rings. The highest BCUT2D eigenvalue weighted by atomic mass is 16.5. The highest BCUT2D eigenvalue weighted by molar-refractivity contribution is 6.08. The molecule has 29 heavy (non-hydrogen) atoms. The maximum absolute atomic E-state index is 13.0. The number of aromatic nitrogens is 3. The van der Waals surface area contributed by atoms with Crippen LogP contribution in [0.5, 0.6) is 0 Å². The molecule has 0 aliphatic carbocycles. The van der Waals surface area contributed by atoms with E-state index >= 15 is 0 Å². The van der Waals surface area contributed by atoms with Crippen molar-refractivity contribution in [3.05, 3.63) is 71.5 Å². The fraction of sp³-hybridized carbons (Fsp3) is 0.238. The number of carbonyl (C=O) groups is 2. The van der Waals surface area contributed by atoms with Crippen LogP contribution in [0.15, 0.2) is 54.9 Å². The van der Waals surface area contributed by atoms with Gasteiger partial charge in [0, 0.05) is 24.3 Å². The van der Waals surface area contributed by atoms with Gasteiger partial charge in [0.05, 0.1) is 36.9 Å². The van der Waals surface area contributed by atoms with Gasteiger partial charge in [-0.15, -0.1) is 5.10 Å². The maximum Gasteiger partial charge on any atom is 0.257 e. The van der Waals surface area contributed by atoms with Gasteiger partial charge in [-0.1, -0.05) is 23.4 Å². The van der Waals surface area contributed by atoms with E-state index in [9.17, 15) is 9.59 Å². The Labute approximate surface area is 168 Å². The largest absolute Gasteiger partial charge is 0.378 e. The van der Waals surface area contributed by atoms with Crippen molar-refractivity contribution in [2.24, 2.45) is 0 Å². The van der Waals surface area contributed by atoms with E-state index in [0.717, 1.165) is 5.56 Å². The van der Waals surface area contributed by atoms with Gasteiger partial charge in [-0.05, 0) is 36.8 Å². The molecule has 1 aromatic heterocycles. The van der Waals surface area contributed by atoms with Gasteiger partial charge >= 0.3 is 0 Å². The molecule has 2 aromatic carbocycles. The first kappa shape index (κ1) is 18.8. The third kappa shape index (κ3) is 3.88. The Morgan fingerprint density at radius 2 is 1.79 bits per heavy atom. The summed E-state index contributed by atoms with van der Waals surface area (Å²) < 4.78 is 6.86. The predicted molar refractivity (Wildman–Crippen MR) is 107 cm³/mol. The summed E-state index contributed by atoms with van der Waals surface area (Å²) in [5, 5.41) is 10.7. The Hall–Kier alpha value is -3.52. The lowest BCUT2D eigenvalue weighted by Crippen LogP contribution is -2.41. The molecule has 0 unspecified atom stereocenters. The average Bonchev–Trinajstić information content (AvgIpc) is 3.30. The smallest absolute Gasteiger partial charge is 0.257 e. The monoisotopic (exact) mass is 391 g/mol. The second-order valence-corrected chi connectivity index (χ2v) is 6.70. The zero-order chi connectivity index (χ0) is 20.2. The van der Waals surface area contributed by atoms with Crippen molar-refractivity contribution in [3.8, 4) is 5.69 Å². The van der Waals surface area contributed by atoms with Crippen LogP contribution in [0.2, 0.25) is 0 Å². The standard InChI is InChI=1S/C21H21N5O3/c1-15-16(21(28)25-11-13-29-14-12-25)6-4-7-18(15)23-20(27)17-5-2-3-8-19(17)26-10-9-22-24-26/h2-10H,11-14H2,1H3,(H,23,27). The number of hydrogen-bond acceptors (Lipinski definition) is 5. The topological polar surface area (TPSA) is 89.3 Å². The molecule has 0 spiro atoms. The molecule has 1 fully saturated rings. The van der Waals surface area contributed by atoms with Crippen molar-refractivity contribution in [3.63, 3.8) is 0 Å². The van der Waals surface area contributed by atoms with E-state index < -0.39 is 0 Å².